The van der Waals surface area contributed by atoms with Gasteiger partial charge in [-0.25, -0.2) is 4.79 Å². The average molecular weight is 277 g/mol. The molecule has 1 atom stereocenters. The molecule has 1 rings (SSSR count). The van der Waals surface area contributed by atoms with Crippen LogP contribution >= 0.6 is 0 Å². The Morgan fingerprint density at radius 2 is 1.85 bits per heavy atom. The molecule has 0 fully saturated rings. The van der Waals surface area contributed by atoms with Gasteiger partial charge in [-0.1, -0.05) is 44.2 Å². The average Bonchev–Trinajstić information content (AvgIpc) is 2.38. The lowest BCUT2D eigenvalue weighted by atomic mass is 10.0. The minimum atomic E-state index is -0.963. The second kappa shape index (κ2) is 8.35. The van der Waals surface area contributed by atoms with Crippen molar-refractivity contribution in [1.29, 1.82) is 0 Å². The van der Waals surface area contributed by atoms with Gasteiger partial charge in [0.2, 0.25) is 5.91 Å². The number of aryl methyl sites for hydroxylation is 1. The molecule has 0 heterocycles. The number of carboxylic acids is 1. The largest absolute Gasteiger partial charge is 0.480 e. The summed E-state index contributed by atoms with van der Waals surface area (Å²) in [6, 6.07) is 9.17. The molecule has 0 radical (unpaired) electrons. The fraction of sp³-hybridized carbons (Fsp3) is 0.500. The highest BCUT2D eigenvalue weighted by molar-refractivity contribution is 5.83. The monoisotopic (exact) mass is 277 g/mol. The highest BCUT2D eigenvalue weighted by atomic mass is 16.4. The van der Waals surface area contributed by atoms with E-state index in [0.717, 1.165) is 12.8 Å². The van der Waals surface area contributed by atoms with E-state index in [1.165, 1.54) is 5.56 Å². The van der Waals surface area contributed by atoms with Crippen molar-refractivity contribution in [3.63, 3.8) is 0 Å². The molecule has 0 saturated carbocycles. The number of rotatable bonds is 8. The molecule has 1 amide bonds. The van der Waals surface area contributed by atoms with Gasteiger partial charge in [0.05, 0.1) is 0 Å². The third kappa shape index (κ3) is 6.36. The molecule has 0 aliphatic rings. The first-order valence-corrected chi connectivity index (χ1v) is 7.05. The summed E-state index contributed by atoms with van der Waals surface area (Å²) >= 11 is 0. The van der Waals surface area contributed by atoms with Crippen LogP contribution in [0, 0.1) is 5.92 Å². The van der Waals surface area contributed by atoms with E-state index in [4.69, 9.17) is 5.11 Å². The zero-order valence-corrected chi connectivity index (χ0v) is 12.1. The highest BCUT2D eigenvalue weighted by Crippen LogP contribution is 2.07. The van der Waals surface area contributed by atoms with Crippen molar-refractivity contribution < 1.29 is 14.7 Å². The Bertz CT molecular complexity index is 429. The maximum Gasteiger partial charge on any atom is 0.326 e. The van der Waals surface area contributed by atoms with Crippen molar-refractivity contribution in [3.8, 4) is 0 Å². The molecule has 0 aliphatic heterocycles. The van der Waals surface area contributed by atoms with Gasteiger partial charge in [-0.2, -0.15) is 0 Å². The van der Waals surface area contributed by atoms with Gasteiger partial charge in [0, 0.05) is 6.42 Å². The van der Waals surface area contributed by atoms with Crippen LogP contribution in [0.15, 0.2) is 30.3 Å². The van der Waals surface area contributed by atoms with Gasteiger partial charge in [-0.05, 0) is 30.7 Å². The summed E-state index contributed by atoms with van der Waals surface area (Å²) in [5.74, 6) is -0.912. The third-order valence-corrected chi connectivity index (χ3v) is 3.05. The van der Waals surface area contributed by atoms with Crippen LogP contribution in [0.3, 0.4) is 0 Å². The van der Waals surface area contributed by atoms with E-state index >= 15 is 0 Å². The molecule has 0 bridgehead atoms. The highest BCUT2D eigenvalue weighted by Gasteiger charge is 2.20. The summed E-state index contributed by atoms with van der Waals surface area (Å²) < 4.78 is 0. The molecule has 0 aliphatic carbocycles. The lowest BCUT2D eigenvalue weighted by molar-refractivity contribution is -0.142. The van der Waals surface area contributed by atoms with Crippen molar-refractivity contribution >= 4 is 11.9 Å². The molecule has 0 saturated heterocycles. The molecule has 1 aromatic carbocycles. The van der Waals surface area contributed by atoms with Gasteiger partial charge in [0.15, 0.2) is 0 Å². The van der Waals surface area contributed by atoms with Crippen molar-refractivity contribution in [1.82, 2.24) is 5.32 Å². The topological polar surface area (TPSA) is 66.4 Å². The fourth-order valence-electron chi connectivity index (χ4n) is 2.06. The smallest absolute Gasteiger partial charge is 0.326 e. The van der Waals surface area contributed by atoms with E-state index in [9.17, 15) is 9.59 Å². The van der Waals surface area contributed by atoms with E-state index in [1.54, 1.807) is 0 Å². The van der Waals surface area contributed by atoms with Crippen molar-refractivity contribution in [2.45, 2.75) is 45.6 Å². The molecular formula is C16H23NO3. The summed E-state index contributed by atoms with van der Waals surface area (Å²) in [6.45, 7) is 3.88. The van der Waals surface area contributed by atoms with Gasteiger partial charge in [0.25, 0.3) is 0 Å². The van der Waals surface area contributed by atoms with E-state index in [2.05, 4.69) is 5.32 Å². The molecule has 2 N–H and O–H groups in total. The Morgan fingerprint density at radius 1 is 1.20 bits per heavy atom. The first-order chi connectivity index (χ1) is 9.49. The van der Waals surface area contributed by atoms with E-state index in [-0.39, 0.29) is 11.8 Å². The summed E-state index contributed by atoms with van der Waals surface area (Å²) in [4.78, 5) is 22.8. The molecule has 110 valence electrons. The minimum Gasteiger partial charge on any atom is -0.480 e. The predicted molar refractivity (Wildman–Crippen MR) is 78.4 cm³/mol. The third-order valence-electron chi connectivity index (χ3n) is 3.05. The Hall–Kier alpha value is -1.84. The van der Waals surface area contributed by atoms with E-state index < -0.39 is 12.0 Å². The van der Waals surface area contributed by atoms with Crippen LogP contribution in [0.25, 0.3) is 0 Å². The molecular weight excluding hydrogens is 254 g/mol. The molecule has 4 heteroatoms. The fourth-order valence-corrected chi connectivity index (χ4v) is 2.06. The second-order valence-corrected chi connectivity index (χ2v) is 5.43. The molecule has 1 aromatic rings. The zero-order chi connectivity index (χ0) is 15.0. The Kier molecular flexibility index (Phi) is 6.77. The number of hydrogen-bond acceptors (Lipinski definition) is 2. The van der Waals surface area contributed by atoms with Gasteiger partial charge < -0.3 is 10.4 Å². The lowest BCUT2D eigenvalue weighted by Gasteiger charge is -2.16. The van der Waals surface area contributed by atoms with Gasteiger partial charge >= 0.3 is 5.97 Å². The summed E-state index contributed by atoms with van der Waals surface area (Å²) in [5.41, 5.74) is 1.19. The number of carbonyl (C=O) groups is 2. The molecule has 4 nitrogen and oxygen atoms in total. The molecule has 0 unspecified atom stereocenters. The van der Waals surface area contributed by atoms with Crippen molar-refractivity contribution in [2.75, 3.05) is 0 Å². The van der Waals surface area contributed by atoms with Crippen LogP contribution in [0.1, 0.15) is 38.7 Å². The van der Waals surface area contributed by atoms with Crippen LogP contribution < -0.4 is 5.32 Å². The molecule has 0 spiro atoms. The van der Waals surface area contributed by atoms with E-state index in [1.807, 2.05) is 44.2 Å². The van der Waals surface area contributed by atoms with Crippen LogP contribution in [0.4, 0.5) is 0 Å². The number of benzene rings is 1. The van der Waals surface area contributed by atoms with Crippen LogP contribution in [0.5, 0.6) is 0 Å². The summed E-state index contributed by atoms with van der Waals surface area (Å²) in [7, 11) is 0. The van der Waals surface area contributed by atoms with Gasteiger partial charge in [0.1, 0.15) is 6.04 Å². The number of carbonyl (C=O) groups excluding carboxylic acids is 1. The van der Waals surface area contributed by atoms with Gasteiger partial charge in [-0.15, -0.1) is 0 Å². The van der Waals surface area contributed by atoms with Crippen molar-refractivity contribution in [3.05, 3.63) is 35.9 Å². The Balaban J connectivity index is 2.33. The number of hydrogen-bond donors (Lipinski definition) is 2. The Labute approximate surface area is 120 Å². The minimum absolute atomic E-state index is 0.186. The summed E-state index contributed by atoms with van der Waals surface area (Å²) in [6.07, 6.45) is 2.37. The maximum absolute atomic E-state index is 11.8. The van der Waals surface area contributed by atoms with Gasteiger partial charge in [-0.3, -0.25) is 4.79 Å². The van der Waals surface area contributed by atoms with E-state index in [0.29, 0.717) is 12.8 Å². The first-order valence-electron chi connectivity index (χ1n) is 7.05. The standard InChI is InChI=1S/C16H23NO3/c1-12(2)11-14(16(19)20)17-15(18)10-6-9-13-7-4-3-5-8-13/h3-5,7-8,12,14H,6,9-11H2,1-2H3,(H,17,18)(H,19,20)/t14-/m1/s1. The zero-order valence-electron chi connectivity index (χ0n) is 12.1. The number of amides is 1. The molecule has 0 aromatic heterocycles. The van der Waals surface area contributed by atoms with Crippen LogP contribution in [-0.2, 0) is 16.0 Å². The maximum atomic E-state index is 11.8. The quantitative estimate of drug-likeness (QED) is 0.767. The lowest BCUT2D eigenvalue weighted by Crippen LogP contribution is -2.41. The second-order valence-electron chi connectivity index (χ2n) is 5.43. The number of aliphatic carboxylic acids is 1. The normalized spacial score (nSPS) is 12.2. The predicted octanol–water partition coefficient (Wildman–Crippen LogP) is 2.62. The number of carboxylic acid groups (broad SMARTS) is 1. The van der Waals surface area contributed by atoms with Crippen LogP contribution in [-0.4, -0.2) is 23.0 Å². The van der Waals surface area contributed by atoms with Crippen LogP contribution in [0.2, 0.25) is 0 Å². The molecule has 20 heavy (non-hydrogen) atoms. The first kappa shape index (κ1) is 16.2. The summed E-state index contributed by atoms with van der Waals surface area (Å²) in [5, 5.41) is 11.7. The Morgan fingerprint density at radius 3 is 2.40 bits per heavy atom. The SMILES string of the molecule is CC(C)C[C@@H](NC(=O)CCCc1ccccc1)C(=O)O. The number of nitrogens with one attached hydrogen (secondary N) is 1. The van der Waals surface area contributed by atoms with Crippen molar-refractivity contribution in [2.24, 2.45) is 5.92 Å².